The van der Waals surface area contributed by atoms with Gasteiger partial charge in [0.05, 0.1) is 0 Å². The lowest BCUT2D eigenvalue weighted by Crippen LogP contribution is -2.16. The van der Waals surface area contributed by atoms with Gasteiger partial charge in [0.2, 0.25) is 0 Å². The molecule has 1 aliphatic rings. The molecular weight excluding hydrogens is 264 g/mol. The maximum Gasteiger partial charge on any atom is 0.300 e. The second kappa shape index (κ2) is 6.61. The summed E-state index contributed by atoms with van der Waals surface area (Å²) in [5.41, 5.74) is 5.03. The number of carboxylic acids is 1. The molecule has 0 unspecified atom stereocenters. The molecule has 0 aliphatic heterocycles. The lowest BCUT2D eigenvalue weighted by molar-refractivity contribution is -0.134. The Labute approximate surface area is 126 Å². The molecule has 2 N–H and O–H groups in total. The molecule has 0 amide bonds. The number of phenolic OH excluding ortho intramolecular Hbond substituents is 1. The molecule has 114 valence electrons. The van der Waals surface area contributed by atoms with Gasteiger partial charge in [-0.1, -0.05) is 32.1 Å². The van der Waals surface area contributed by atoms with Crippen LogP contribution in [0.2, 0.25) is 0 Å². The lowest BCUT2D eigenvalue weighted by atomic mass is 9.72. The van der Waals surface area contributed by atoms with Crippen molar-refractivity contribution in [3.05, 3.63) is 47.1 Å². The molecule has 0 fully saturated rings. The van der Waals surface area contributed by atoms with Gasteiger partial charge in [-0.25, -0.2) is 0 Å². The highest BCUT2D eigenvalue weighted by molar-refractivity contribution is 5.76. The fourth-order valence-corrected chi connectivity index (χ4v) is 2.78. The first kappa shape index (κ1) is 17.0. The van der Waals surface area contributed by atoms with Gasteiger partial charge in [0.25, 0.3) is 5.97 Å². The molecule has 0 saturated heterocycles. The van der Waals surface area contributed by atoms with Crippen molar-refractivity contribution in [3.8, 4) is 5.75 Å². The summed E-state index contributed by atoms with van der Waals surface area (Å²) in [5, 5.41) is 17.2. The Hall–Kier alpha value is -2.03. The fraction of sp³-hybridized carbons (Fsp3) is 0.389. The van der Waals surface area contributed by atoms with E-state index in [1.165, 1.54) is 11.1 Å². The average molecular weight is 288 g/mol. The van der Waals surface area contributed by atoms with Crippen LogP contribution in [0.4, 0.5) is 0 Å². The van der Waals surface area contributed by atoms with Gasteiger partial charge in [0, 0.05) is 6.92 Å². The molecule has 0 atom stereocenters. The number of aliphatic carboxylic acids is 1. The summed E-state index contributed by atoms with van der Waals surface area (Å²) >= 11 is 0. The zero-order valence-electron chi connectivity index (χ0n) is 13.4. The van der Waals surface area contributed by atoms with Crippen LogP contribution in [0, 0.1) is 12.3 Å². The lowest BCUT2D eigenvalue weighted by Gasteiger charge is -2.32. The number of rotatable bonds is 1. The molecule has 0 aromatic heterocycles. The Bertz CT molecular complexity index is 568. The Morgan fingerprint density at radius 3 is 2.24 bits per heavy atom. The standard InChI is InChI=1S/C16H20O.C2H4O2/c1-11-8-13(10-14(17)9-11)15-12(2)6-5-7-16(15,3)4;1-2(3)4/h5-6,8-10,17H,7H2,1-4H3;1H3,(H,3,4). The van der Waals surface area contributed by atoms with E-state index in [-0.39, 0.29) is 5.41 Å². The number of carboxylic acid groups (broad SMARTS) is 1. The van der Waals surface area contributed by atoms with Gasteiger partial charge >= 0.3 is 0 Å². The maximum absolute atomic E-state index is 9.74. The Balaban J connectivity index is 0.000000491. The summed E-state index contributed by atoms with van der Waals surface area (Å²) in [6.07, 6.45) is 5.46. The highest BCUT2D eigenvalue weighted by Gasteiger charge is 2.27. The summed E-state index contributed by atoms with van der Waals surface area (Å²) in [5.74, 6) is -0.481. The SMILES string of the molecule is CC(=O)O.CC1=C(c2cc(C)cc(O)c2)C(C)(C)CC=C1. The summed E-state index contributed by atoms with van der Waals surface area (Å²) < 4.78 is 0. The molecule has 1 aromatic carbocycles. The topological polar surface area (TPSA) is 57.5 Å². The Morgan fingerprint density at radius 2 is 1.76 bits per heavy atom. The summed E-state index contributed by atoms with van der Waals surface area (Å²) in [4.78, 5) is 9.00. The Kier molecular flexibility index (Phi) is 5.36. The zero-order valence-corrected chi connectivity index (χ0v) is 13.4. The van der Waals surface area contributed by atoms with Crippen LogP contribution in [0.5, 0.6) is 5.75 Å². The smallest absolute Gasteiger partial charge is 0.300 e. The summed E-state index contributed by atoms with van der Waals surface area (Å²) in [6.45, 7) is 9.76. The van der Waals surface area contributed by atoms with Gasteiger partial charge in [0.1, 0.15) is 5.75 Å². The van der Waals surface area contributed by atoms with E-state index in [0.29, 0.717) is 5.75 Å². The summed E-state index contributed by atoms with van der Waals surface area (Å²) in [7, 11) is 0. The predicted molar refractivity (Wildman–Crippen MR) is 86.3 cm³/mol. The number of phenols is 1. The van der Waals surface area contributed by atoms with Crippen molar-refractivity contribution in [3.63, 3.8) is 0 Å². The third-order valence-electron chi connectivity index (χ3n) is 3.42. The minimum absolute atomic E-state index is 0.138. The van der Waals surface area contributed by atoms with Crippen LogP contribution in [-0.2, 0) is 4.79 Å². The van der Waals surface area contributed by atoms with Crippen LogP contribution < -0.4 is 0 Å². The number of hydrogen-bond donors (Lipinski definition) is 2. The maximum atomic E-state index is 9.74. The van der Waals surface area contributed by atoms with Crippen molar-refractivity contribution in [2.24, 2.45) is 5.41 Å². The predicted octanol–water partition coefficient (Wildman–Crippen LogP) is 4.55. The third-order valence-corrected chi connectivity index (χ3v) is 3.42. The number of hydrogen-bond acceptors (Lipinski definition) is 2. The number of aryl methyl sites for hydroxylation is 1. The van der Waals surface area contributed by atoms with Crippen molar-refractivity contribution in [2.75, 3.05) is 0 Å². The largest absolute Gasteiger partial charge is 0.508 e. The Morgan fingerprint density at radius 1 is 1.19 bits per heavy atom. The van der Waals surface area contributed by atoms with Gasteiger partial charge in [-0.15, -0.1) is 0 Å². The molecule has 0 bridgehead atoms. The zero-order chi connectivity index (χ0) is 16.2. The van der Waals surface area contributed by atoms with Crippen molar-refractivity contribution < 1.29 is 15.0 Å². The minimum Gasteiger partial charge on any atom is -0.508 e. The van der Waals surface area contributed by atoms with E-state index >= 15 is 0 Å². The molecule has 0 heterocycles. The van der Waals surface area contributed by atoms with E-state index in [2.05, 4.69) is 39.0 Å². The monoisotopic (exact) mass is 288 g/mol. The first-order valence-corrected chi connectivity index (χ1v) is 7.02. The molecule has 0 saturated carbocycles. The normalized spacial score (nSPS) is 16.2. The van der Waals surface area contributed by atoms with Gasteiger partial charge in [-0.2, -0.15) is 0 Å². The number of allylic oxidation sites excluding steroid dienone is 4. The van der Waals surface area contributed by atoms with Gasteiger partial charge in [-0.3, -0.25) is 4.79 Å². The van der Waals surface area contributed by atoms with Crippen molar-refractivity contribution in [1.82, 2.24) is 0 Å². The molecule has 0 radical (unpaired) electrons. The third kappa shape index (κ3) is 4.78. The summed E-state index contributed by atoms with van der Waals surface area (Å²) in [6, 6.07) is 5.82. The number of carbonyl (C=O) groups is 1. The quantitative estimate of drug-likeness (QED) is 0.797. The number of benzene rings is 1. The van der Waals surface area contributed by atoms with Gasteiger partial charge < -0.3 is 10.2 Å². The van der Waals surface area contributed by atoms with E-state index in [0.717, 1.165) is 24.5 Å². The molecule has 1 aliphatic carbocycles. The van der Waals surface area contributed by atoms with Crippen LogP contribution in [0.15, 0.2) is 35.9 Å². The average Bonchev–Trinajstić information content (AvgIpc) is 2.24. The molecule has 3 heteroatoms. The highest BCUT2D eigenvalue weighted by Crippen LogP contribution is 2.43. The van der Waals surface area contributed by atoms with Crippen LogP contribution in [0.3, 0.4) is 0 Å². The molecule has 1 aromatic rings. The minimum atomic E-state index is -0.833. The van der Waals surface area contributed by atoms with Crippen LogP contribution in [-0.4, -0.2) is 16.2 Å². The van der Waals surface area contributed by atoms with Crippen LogP contribution in [0.1, 0.15) is 45.2 Å². The second-order valence-electron chi connectivity index (χ2n) is 6.12. The van der Waals surface area contributed by atoms with Gasteiger partial charge in [-0.05, 0) is 60.1 Å². The van der Waals surface area contributed by atoms with E-state index in [1.54, 1.807) is 6.07 Å². The first-order valence-electron chi connectivity index (χ1n) is 7.02. The van der Waals surface area contributed by atoms with Crippen molar-refractivity contribution in [2.45, 2.75) is 41.0 Å². The molecule has 3 nitrogen and oxygen atoms in total. The van der Waals surface area contributed by atoms with E-state index in [1.807, 2.05) is 13.0 Å². The molecule has 2 rings (SSSR count). The molecule has 0 spiro atoms. The number of aromatic hydroxyl groups is 1. The second-order valence-corrected chi connectivity index (χ2v) is 6.12. The van der Waals surface area contributed by atoms with Crippen molar-refractivity contribution >= 4 is 11.5 Å². The molecule has 21 heavy (non-hydrogen) atoms. The van der Waals surface area contributed by atoms with Crippen LogP contribution >= 0.6 is 0 Å². The molecular formula is C18H24O3. The van der Waals surface area contributed by atoms with E-state index in [9.17, 15) is 5.11 Å². The van der Waals surface area contributed by atoms with E-state index in [4.69, 9.17) is 9.90 Å². The fourth-order valence-electron chi connectivity index (χ4n) is 2.78. The van der Waals surface area contributed by atoms with Crippen molar-refractivity contribution in [1.29, 1.82) is 0 Å². The van der Waals surface area contributed by atoms with Crippen LogP contribution in [0.25, 0.3) is 5.57 Å². The highest BCUT2D eigenvalue weighted by atomic mass is 16.4. The first-order chi connectivity index (χ1) is 9.63. The van der Waals surface area contributed by atoms with Gasteiger partial charge in [0.15, 0.2) is 0 Å². The van der Waals surface area contributed by atoms with E-state index < -0.39 is 5.97 Å².